The van der Waals surface area contributed by atoms with Crippen LogP contribution in [-0.4, -0.2) is 75.6 Å². The molecule has 0 aromatic carbocycles. The van der Waals surface area contributed by atoms with E-state index in [4.69, 9.17) is 18.5 Å². The number of nitrogens with zero attached hydrogens (tertiary/aromatic N) is 1. The maximum Gasteiger partial charge on any atom is 0.472 e. The molecule has 0 heterocycles. The van der Waals surface area contributed by atoms with E-state index in [1.165, 1.54) is 51.4 Å². The summed E-state index contributed by atoms with van der Waals surface area (Å²) in [6.07, 6.45) is 27.8. The van der Waals surface area contributed by atoms with Crippen LogP contribution >= 0.6 is 7.82 Å². The first-order valence-electron chi connectivity index (χ1n) is 17.1. The minimum Gasteiger partial charge on any atom is -0.457 e. The van der Waals surface area contributed by atoms with Crippen molar-refractivity contribution < 1.29 is 37.3 Å². The van der Waals surface area contributed by atoms with Crippen LogP contribution in [-0.2, 0) is 27.9 Å². The summed E-state index contributed by atoms with van der Waals surface area (Å²) in [4.78, 5) is 22.6. The summed E-state index contributed by atoms with van der Waals surface area (Å²) in [7, 11) is 1.65. The summed E-state index contributed by atoms with van der Waals surface area (Å²) in [6.45, 7) is 5.51. The summed E-state index contributed by atoms with van der Waals surface area (Å²) in [5.74, 6) is -0.332. The van der Waals surface area contributed by atoms with E-state index in [2.05, 4.69) is 38.2 Å². The number of allylic oxidation sites excluding steroid dienone is 4. The molecule has 0 bridgehead atoms. The normalized spacial score (nSPS) is 14.5. The lowest BCUT2D eigenvalue weighted by atomic mass is 10.1. The second-order valence-corrected chi connectivity index (χ2v) is 14.0. The van der Waals surface area contributed by atoms with Crippen molar-refractivity contribution in [2.45, 2.75) is 136 Å². The molecular formula is C34H67NO7P+. The van der Waals surface area contributed by atoms with Gasteiger partial charge in [0, 0.05) is 13.0 Å². The van der Waals surface area contributed by atoms with Gasteiger partial charge in [0.1, 0.15) is 19.3 Å². The van der Waals surface area contributed by atoms with Crippen molar-refractivity contribution in [1.82, 2.24) is 0 Å². The molecule has 0 spiro atoms. The molecule has 254 valence electrons. The Balaban J connectivity index is 4.30. The molecule has 0 aromatic heterocycles. The molecule has 0 radical (unpaired) electrons. The molecule has 2 atom stereocenters. The third-order valence-electron chi connectivity index (χ3n) is 7.02. The van der Waals surface area contributed by atoms with Gasteiger partial charge in [-0.15, -0.1) is 0 Å². The molecule has 1 N–H and O–H groups in total. The van der Waals surface area contributed by atoms with Crippen LogP contribution in [0.25, 0.3) is 0 Å². The van der Waals surface area contributed by atoms with Gasteiger partial charge in [-0.25, -0.2) is 4.57 Å². The molecule has 0 fully saturated rings. The highest BCUT2D eigenvalue weighted by atomic mass is 31.2. The van der Waals surface area contributed by atoms with E-state index in [9.17, 15) is 14.3 Å². The first-order chi connectivity index (χ1) is 20.6. The van der Waals surface area contributed by atoms with Crippen LogP contribution in [0.1, 0.15) is 129 Å². The Morgan fingerprint density at radius 3 is 1.93 bits per heavy atom. The highest BCUT2D eigenvalue weighted by Crippen LogP contribution is 2.43. The Kier molecular flexibility index (Phi) is 27.8. The van der Waals surface area contributed by atoms with Gasteiger partial charge in [0.25, 0.3) is 0 Å². The second-order valence-electron chi connectivity index (χ2n) is 12.5. The zero-order valence-electron chi connectivity index (χ0n) is 28.4. The number of unbranched alkanes of at least 4 members (excludes halogenated alkanes) is 13. The quantitative estimate of drug-likeness (QED) is 0.0268. The maximum atomic E-state index is 12.5. The molecule has 9 heteroatoms. The van der Waals surface area contributed by atoms with Crippen LogP contribution in [0.4, 0.5) is 0 Å². The minimum absolute atomic E-state index is 0.0864. The number of rotatable bonds is 31. The van der Waals surface area contributed by atoms with Gasteiger partial charge in [-0.2, -0.15) is 0 Å². The minimum atomic E-state index is -4.26. The number of phosphoric acid groups is 1. The molecule has 0 saturated heterocycles. The number of carbonyl (C=O) groups is 1. The smallest absolute Gasteiger partial charge is 0.457 e. The van der Waals surface area contributed by atoms with Gasteiger partial charge in [0.2, 0.25) is 0 Å². The molecule has 2 unspecified atom stereocenters. The van der Waals surface area contributed by atoms with Crippen molar-refractivity contribution in [2.24, 2.45) is 0 Å². The summed E-state index contributed by atoms with van der Waals surface area (Å²) in [6, 6.07) is 0. The molecule has 0 aliphatic rings. The van der Waals surface area contributed by atoms with Crippen LogP contribution < -0.4 is 0 Å². The standard InChI is InChI=1S/C34H66NO7P/c1-6-8-10-12-14-15-16-17-18-19-20-21-22-23-25-27-34(36)42-33(31-39-29-26-24-13-11-9-7-2)32-41-43(37,38)40-30-28-35(3,4)5/h14-15,17-18,33H,6-13,16,19-32H2,1-5H3/p+1/b15-14-,18-17-. The van der Waals surface area contributed by atoms with Crippen LogP contribution in [0.5, 0.6) is 0 Å². The van der Waals surface area contributed by atoms with Crippen molar-refractivity contribution in [1.29, 1.82) is 0 Å². The molecule has 0 saturated carbocycles. The monoisotopic (exact) mass is 632 g/mol. The van der Waals surface area contributed by atoms with Crippen molar-refractivity contribution in [2.75, 3.05) is 54.1 Å². The Labute approximate surface area is 264 Å². The number of phosphoric ester groups is 1. The summed E-state index contributed by atoms with van der Waals surface area (Å²) in [5.41, 5.74) is 0. The Morgan fingerprint density at radius 1 is 0.721 bits per heavy atom. The molecule has 0 aliphatic carbocycles. The fourth-order valence-electron chi connectivity index (χ4n) is 4.29. The Bertz CT molecular complexity index is 752. The number of esters is 1. The van der Waals surface area contributed by atoms with Crippen molar-refractivity contribution >= 4 is 13.8 Å². The summed E-state index contributed by atoms with van der Waals surface area (Å²) < 4.78 is 34.5. The van der Waals surface area contributed by atoms with Gasteiger partial charge < -0.3 is 18.9 Å². The van der Waals surface area contributed by atoms with E-state index in [0.29, 0.717) is 24.1 Å². The van der Waals surface area contributed by atoms with Crippen LogP contribution in [0.15, 0.2) is 24.3 Å². The zero-order valence-corrected chi connectivity index (χ0v) is 29.3. The fraction of sp³-hybridized carbons (Fsp3) is 0.853. The maximum absolute atomic E-state index is 12.5. The number of ether oxygens (including phenoxy) is 2. The number of carbonyl (C=O) groups excluding carboxylic acids is 1. The van der Waals surface area contributed by atoms with E-state index in [1.54, 1.807) is 0 Å². The first kappa shape index (κ1) is 42.0. The lowest BCUT2D eigenvalue weighted by molar-refractivity contribution is -0.870. The van der Waals surface area contributed by atoms with Crippen LogP contribution in [0.3, 0.4) is 0 Å². The molecule has 8 nitrogen and oxygen atoms in total. The molecule has 0 aliphatic heterocycles. The molecule has 0 aromatic rings. The SMILES string of the molecule is CCCCC/C=C\C/C=C\CCCCCCCC(=O)OC(COCCCCCCCC)COP(=O)(O)OCC[N+](C)(C)C. The van der Waals surface area contributed by atoms with Crippen LogP contribution in [0, 0.1) is 0 Å². The number of hydrogen-bond acceptors (Lipinski definition) is 6. The third-order valence-corrected chi connectivity index (χ3v) is 8.00. The largest absolute Gasteiger partial charge is 0.472 e. The van der Waals surface area contributed by atoms with Crippen LogP contribution in [0.2, 0.25) is 0 Å². The molecule has 43 heavy (non-hydrogen) atoms. The lowest BCUT2D eigenvalue weighted by Crippen LogP contribution is -2.37. The lowest BCUT2D eigenvalue weighted by Gasteiger charge is -2.24. The van der Waals surface area contributed by atoms with Gasteiger partial charge in [-0.05, 0) is 44.9 Å². The molecular weight excluding hydrogens is 565 g/mol. The number of hydrogen-bond donors (Lipinski definition) is 1. The van der Waals surface area contributed by atoms with E-state index in [-0.39, 0.29) is 25.8 Å². The van der Waals surface area contributed by atoms with E-state index in [1.807, 2.05) is 21.1 Å². The van der Waals surface area contributed by atoms with Gasteiger partial charge in [0.05, 0.1) is 34.4 Å². The summed E-state index contributed by atoms with van der Waals surface area (Å²) >= 11 is 0. The third kappa shape index (κ3) is 32.2. The Morgan fingerprint density at radius 2 is 1.28 bits per heavy atom. The predicted octanol–water partition coefficient (Wildman–Crippen LogP) is 8.93. The van der Waals surface area contributed by atoms with Gasteiger partial charge >= 0.3 is 13.8 Å². The summed E-state index contributed by atoms with van der Waals surface area (Å²) in [5, 5.41) is 0. The first-order valence-corrected chi connectivity index (χ1v) is 18.6. The number of quaternary nitrogens is 1. The topological polar surface area (TPSA) is 91.3 Å². The van der Waals surface area contributed by atoms with Crippen molar-refractivity contribution in [3.8, 4) is 0 Å². The van der Waals surface area contributed by atoms with Crippen molar-refractivity contribution in [3.05, 3.63) is 24.3 Å². The van der Waals surface area contributed by atoms with E-state index in [0.717, 1.165) is 57.8 Å². The van der Waals surface area contributed by atoms with Crippen molar-refractivity contribution in [3.63, 3.8) is 0 Å². The van der Waals surface area contributed by atoms with Gasteiger partial charge in [0.15, 0.2) is 0 Å². The zero-order chi connectivity index (χ0) is 32.1. The average Bonchev–Trinajstić information content (AvgIpc) is 2.94. The predicted molar refractivity (Wildman–Crippen MR) is 178 cm³/mol. The highest BCUT2D eigenvalue weighted by Gasteiger charge is 2.26. The molecule has 0 rings (SSSR count). The van der Waals surface area contributed by atoms with E-state index >= 15 is 0 Å². The van der Waals surface area contributed by atoms with Gasteiger partial charge in [-0.1, -0.05) is 102 Å². The average molecular weight is 633 g/mol. The fourth-order valence-corrected chi connectivity index (χ4v) is 5.03. The number of likely N-dealkylation sites (N-methyl/N-ethyl adjacent to an activating group) is 1. The Hall–Kier alpha value is -1.02. The van der Waals surface area contributed by atoms with E-state index < -0.39 is 13.9 Å². The molecule has 0 amide bonds. The van der Waals surface area contributed by atoms with Gasteiger partial charge in [-0.3, -0.25) is 13.8 Å². The second kappa shape index (κ2) is 28.5. The highest BCUT2D eigenvalue weighted by molar-refractivity contribution is 7.47.